The van der Waals surface area contributed by atoms with Gasteiger partial charge in [0.05, 0.1) is 11.6 Å². The molecule has 2 N–H and O–H groups in total. The molecule has 0 saturated heterocycles. The fourth-order valence-electron chi connectivity index (χ4n) is 1.88. The van der Waals surface area contributed by atoms with Crippen LogP contribution in [0.25, 0.3) is 11.3 Å². The molecule has 0 saturated carbocycles. The molecule has 5 heteroatoms. The Labute approximate surface area is 128 Å². The third-order valence-electron chi connectivity index (χ3n) is 2.92. The van der Waals surface area contributed by atoms with Crippen LogP contribution in [0.3, 0.4) is 0 Å². The molecule has 0 fully saturated rings. The average Bonchev–Trinajstić information content (AvgIpc) is 2.90. The minimum Gasteiger partial charge on any atom is -0.460 e. The van der Waals surface area contributed by atoms with E-state index in [2.05, 4.69) is 5.32 Å². The van der Waals surface area contributed by atoms with Gasteiger partial charge < -0.3 is 14.8 Å². The zero-order valence-electron chi connectivity index (χ0n) is 11.0. The first-order valence-corrected chi connectivity index (χ1v) is 7.32. The van der Waals surface area contributed by atoms with E-state index in [-0.39, 0.29) is 6.61 Å². The fourth-order valence-corrected chi connectivity index (χ4v) is 2.26. The number of hydrogen-bond acceptors (Lipinski definition) is 3. The van der Waals surface area contributed by atoms with Gasteiger partial charge in [0.25, 0.3) is 0 Å². The van der Waals surface area contributed by atoms with Crippen LogP contribution in [0.2, 0.25) is 10.0 Å². The monoisotopic (exact) mass is 313 g/mol. The minimum atomic E-state index is 0.236. The van der Waals surface area contributed by atoms with Crippen molar-refractivity contribution in [3.63, 3.8) is 0 Å². The largest absolute Gasteiger partial charge is 0.460 e. The first-order valence-electron chi connectivity index (χ1n) is 6.56. The van der Waals surface area contributed by atoms with Crippen LogP contribution in [0, 0.1) is 0 Å². The van der Waals surface area contributed by atoms with Crippen LogP contribution < -0.4 is 5.32 Å². The molecule has 108 valence electrons. The highest BCUT2D eigenvalue weighted by Gasteiger charge is 2.09. The Morgan fingerprint density at radius 1 is 1.10 bits per heavy atom. The Morgan fingerprint density at radius 3 is 2.75 bits per heavy atom. The first-order chi connectivity index (χ1) is 9.70. The molecule has 0 amide bonds. The maximum absolute atomic E-state index is 8.69. The quantitative estimate of drug-likeness (QED) is 0.756. The number of nitrogens with one attached hydrogen (secondary N) is 1. The van der Waals surface area contributed by atoms with Crippen molar-refractivity contribution in [3.05, 3.63) is 46.1 Å². The maximum atomic E-state index is 8.69. The molecule has 0 unspecified atom stereocenters. The molecular formula is C15H17Cl2NO2. The average molecular weight is 314 g/mol. The van der Waals surface area contributed by atoms with E-state index in [0.29, 0.717) is 22.4 Å². The molecule has 20 heavy (non-hydrogen) atoms. The smallest absolute Gasteiger partial charge is 0.135 e. The van der Waals surface area contributed by atoms with Gasteiger partial charge in [-0.1, -0.05) is 23.2 Å². The second kappa shape index (κ2) is 7.70. The Morgan fingerprint density at radius 2 is 1.95 bits per heavy atom. The second-order valence-corrected chi connectivity index (χ2v) is 5.34. The van der Waals surface area contributed by atoms with Gasteiger partial charge in [-0.05, 0) is 49.7 Å². The van der Waals surface area contributed by atoms with Crippen LogP contribution in [-0.2, 0) is 6.54 Å². The van der Waals surface area contributed by atoms with E-state index < -0.39 is 0 Å². The lowest BCUT2D eigenvalue weighted by molar-refractivity contribution is 0.283. The molecule has 1 heterocycles. The molecule has 1 aromatic carbocycles. The van der Waals surface area contributed by atoms with Gasteiger partial charge >= 0.3 is 0 Å². The number of aliphatic hydroxyl groups is 1. The second-order valence-electron chi connectivity index (χ2n) is 4.50. The predicted octanol–water partition coefficient (Wildman–Crippen LogP) is 4.12. The molecule has 0 aliphatic heterocycles. The van der Waals surface area contributed by atoms with Crippen LogP contribution in [0.5, 0.6) is 0 Å². The van der Waals surface area contributed by atoms with E-state index in [0.717, 1.165) is 30.7 Å². The summed E-state index contributed by atoms with van der Waals surface area (Å²) in [7, 11) is 0. The summed E-state index contributed by atoms with van der Waals surface area (Å²) in [5, 5.41) is 13.2. The fraction of sp³-hybridized carbons (Fsp3) is 0.333. The van der Waals surface area contributed by atoms with E-state index in [4.69, 9.17) is 32.7 Å². The number of aliphatic hydroxyl groups excluding tert-OH is 1. The molecule has 2 aromatic rings. The molecule has 0 radical (unpaired) electrons. The SMILES string of the molecule is OCCCCNCc1ccc(-c2cc(Cl)ccc2Cl)o1. The summed E-state index contributed by atoms with van der Waals surface area (Å²) in [4.78, 5) is 0. The zero-order valence-corrected chi connectivity index (χ0v) is 12.5. The van der Waals surface area contributed by atoms with Gasteiger partial charge in [0.15, 0.2) is 0 Å². The van der Waals surface area contributed by atoms with Gasteiger partial charge in [-0.2, -0.15) is 0 Å². The van der Waals surface area contributed by atoms with Crippen molar-refractivity contribution in [2.45, 2.75) is 19.4 Å². The number of hydrogen-bond donors (Lipinski definition) is 2. The standard InChI is InChI=1S/C15H17Cl2NO2/c16-11-3-5-14(17)13(9-11)15-6-4-12(20-15)10-18-7-1-2-8-19/h3-6,9,18-19H,1-2,7-8,10H2. The Balaban J connectivity index is 1.96. The molecule has 2 rings (SSSR count). The van der Waals surface area contributed by atoms with Crippen LogP contribution in [-0.4, -0.2) is 18.3 Å². The third kappa shape index (κ3) is 4.25. The highest BCUT2D eigenvalue weighted by molar-refractivity contribution is 6.35. The lowest BCUT2D eigenvalue weighted by atomic mass is 10.2. The summed E-state index contributed by atoms with van der Waals surface area (Å²) in [6, 6.07) is 9.11. The first kappa shape index (κ1) is 15.4. The van der Waals surface area contributed by atoms with Crippen molar-refractivity contribution in [1.29, 1.82) is 0 Å². The summed E-state index contributed by atoms with van der Waals surface area (Å²) >= 11 is 12.1. The van der Waals surface area contributed by atoms with E-state index >= 15 is 0 Å². The highest BCUT2D eigenvalue weighted by Crippen LogP contribution is 2.31. The van der Waals surface area contributed by atoms with E-state index in [1.165, 1.54) is 0 Å². The number of halogens is 2. The molecule has 0 spiro atoms. The third-order valence-corrected chi connectivity index (χ3v) is 3.48. The van der Waals surface area contributed by atoms with Crippen LogP contribution in [0.1, 0.15) is 18.6 Å². The lowest BCUT2D eigenvalue weighted by Gasteiger charge is -2.03. The van der Waals surface area contributed by atoms with Crippen molar-refractivity contribution < 1.29 is 9.52 Å². The number of rotatable bonds is 7. The van der Waals surface area contributed by atoms with Crippen molar-refractivity contribution >= 4 is 23.2 Å². The summed E-state index contributed by atoms with van der Waals surface area (Å²) in [6.45, 7) is 1.75. The summed E-state index contributed by atoms with van der Waals surface area (Å²) in [5.41, 5.74) is 0.797. The van der Waals surface area contributed by atoms with Crippen molar-refractivity contribution in [1.82, 2.24) is 5.32 Å². The Kier molecular flexibility index (Phi) is 5.92. The minimum absolute atomic E-state index is 0.236. The normalized spacial score (nSPS) is 10.9. The summed E-state index contributed by atoms with van der Waals surface area (Å²) < 4.78 is 5.76. The number of unbranched alkanes of at least 4 members (excludes halogenated alkanes) is 1. The van der Waals surface area contributed by atoms with Crippen molar-refractivity contribution in [3.8, 4) is 11.3 Å². The van der Waals surface area contributed by atoms with Crippen molar-refractivity contribution in [2.24, 2.45) is 0 Å². The van der Waals surface area contributed by atoms with Gasteiger partial charge in [0.1, 0.15) is 11.5 Å². The number of benzene rings is 1. The van der Waals surface area contributed by atoms with Crippen molar-refractivity contribution in [2.75, 3.05) is 13.2 Å². The molecule has 0 aliphatic rings. The molecule has 0 bridgehead atoms. The highest BCUT2D eigenvalue weighted by atomic mass is 35.5. The Hall–Kier alpha value is -1.00. The molecule has 0 aliphatic carbocycles. The molecular weight excluding hydrogens is 297 g/mol. The van der Waals surface area contributed by atoms with Crippen LogP contribution >= 0.6 is 23.2 Å². The van der Waals surface area contributed by atoms with Gasteiger partial charge in [0.2, 0.25) is 0 Å². The maximum Gasteiger partial charge on any atom is 0.135 e. The lowest BCUT2D eigenvalue weighted by Crippen LogP contribution is -2.14. The summed E-state index contributed by atoms with van der Waals surface area (Å²) in [6.07, 6.45) is 1.76. The van der Waals surface area contributed by atoms with Gasteiger partial charge in [-0.25, -0.2) is 0 Å². The predicted molar refractivity (Wildman–Crippen MR) is 82.2 cm³/mol. The van der Waals surface area contributed by atoms with Gasteiger partial charge in [-0.3, -0.25) is 0 Å². The molecule has 1 aromatic heterocycles. The number of furan rings is 1. The molecule has 3 nitrogen and oxygen atoms in total. The topological polar surface area (TPSA) is 45.4 Å². The van der Waals surface area contributed by atoms with Crippen LogP contribution in [0.15, 0.2) is 34.7 Å². The van der Waals surface area contributed by atoms with E-state index in [1.807, 2.05) is 12.1 Å². The Bertz CT molecular complexity index is 555. The van der Waals surface area contributed by atoms with E-state index in [1.54, 1.807) is 18.2 Å². The molecule has 0 atom stereocenters. The van der Waals surface area contributed by atoms with E-state index in [9.17, 15) is 0 Å². The summed E-state index contributed by atoms with van der Waals surface area (Å²) in [5.74, 6) is 1.56. The van der Waals surface area contributed by atoms with Gasteiger partial charge in [-0.15, -0.1) is 0 Å². The zero-order chi connectivity index (χ0) is 14.4. The van der Waals surface area contributed by atoms with Gasteiger partial charge in [0, 0.05) is 17.2 Å². The van der Waals surface area contributed by atoms with Crippen LogP contribution in [0.4, 0.5) is 0 Å².